The summed E-state index contributed by atoms with van der Waals surface area (Å²) in [5.74, 6) is -0.820. The molecule has 4 N–H and O–H groups in total. The first-order valence-electron chi connectivity index (χ1n) is 11.5. The molecule has 5 rings (SSSR count). The lowest BCUT2D eigenvalue weighted by atomic mass is 10.1. The minimum atomic E-state index is -0.853. The fourth-order valence-electron chi connectivity index (χ4n) is 4.34. The van der Waals surface area contributed by atoms with E-state index in [4.69, 9.17) is 17.3 Å². The number of phenolic OH excluding ortho intramolecular Hbond substituents is 1. The predicted octanol–water partition coefficient (Wildman–Crippen LogP) is 5.70. The van der Waals surface area contributed by atoms with Gasteiger partial charge in [-0.15, -0.1) is 0 Å². The Labute approximate surface area is 219 Å². The summed E-state index contributed by atoms with van der Waals surface area (Å²) < 4.78 is 14.1. The summed E-state index contributed by atoms with van der Waals surface area (Å²) in [5, 5.41) is 12.8. The van der Waals surface area contributed by atoms with Crippen LogP contribution in [0.3, 0.4) is 0 Å². The number of hydrogen-bond acceptors (Lipinski definition) is 8. The SMILES string of the molecule is C.CC(=O)c1cnc2ccc(-c3cc(F)c(O)c(Cl)c3)nc2c1Nc1ccc(N2CCCC(N)C2)nc1. The van der Waals surface area contributed by atoms with Crippen molar-refractivity contribution in [3.05, 3.63) is 65.2 Å². The van der Waals surface area contributed by atoms with Gasteiger partial charge in [0, 0.05) is 30.9 Å². The molecule has 1 fully saturated rings. The Balaban J connectivity index is 0.00000320. The van der Waals surface area contributed by atoms with Crippen molar-refractivity contribution in [2.75, 3.05) is 23.3 Å². The number of nitrogens with zero attached hydrogens (tertiary/aromatic N) is 4. The zero-order valence-corrected chi connectivity index (χ0v) is 20.3. The number of phenols is 1. The van der Waals surface area contributed by atoms with Crippen LogP contribution in [0.4, 0.5) is 21.6 Å². The van der Waals surface area contributed by atoms with E-state index in [-0.39, 0.29) is 24.3 Å². The predicted molar refractivity (Wildman–Crippen MR) is 145 cm³/mol. The van der Waals surface area contributed by atoms with E-state index in [1.807, 2.05) is 12.1 Å². The van der Waals surface area contributed by atoms with E-state index in [9.17, 15) is 14.3 Å². The van der Waals surface area contributed by atoms with E-state index in [1.54, 1.807) is 18.3 Å². The molecule has 0 amide bonds. The maximum Gasteiger partial charge on any atom is 0.170 e. The molecule has 37 heavy (non-hydrogen) atoms. The van der Waals surface area contributed by atoms with Gasteiger partial charge < -0.3 is 21.1 Å². The molecule has 4 heterocycles. The number of pyridine rings is 3. The van der Waals surface area contributed by atoms with Crippen molar-refractivity contribution in [2.45, 2.75) is 33.2 Å². The largest absolute Gasteiger partial charge is 0.504 e. The average molecular weight is 523 g/mol. The monoisotopic (exact) mass is 522 g/mol. The van der Waals surface area contributed by atoms with Gasteiger partial charge in [-0.3, -0.25) is 9.78 Å². The number of aromatic nitrogens is 3. The van der Waals surface area contributed by atoms with Crippen LogP contribution in [0.1, 0.15) is 37.6 Å². The summed E-state index contributed by atoms with van der Waals surface area (Å²) in [6, 6.07) is 9.92. The van der Waals surface area contributed by atoms with Crippen LogP contribution in [0.2, 0.25) is 5.02 Å². The molecule has 0 bridgehead atoms. The van der Waals surface area contributed by atoms with Gasteiger partial charge in [-0.1, -0.05) is 19.0 Å². The second kappa shape index (κ2) is 10.7. The molecule has 10 heteroatoms. The maximum absolute atomic E-state index is 14.1. The highest BCUT2D eigenvalue weighted by Crippen LogP contribution is 2.34. The molecule has 0 spiro atoms. The summed E-state index contributed by atoms with van der Waals surface area (Å²) >= 11 is 5.96. The Kier molecular flexibility index (Phi) is 7.56. The number of benzene rings is 1. The molecule has 1 aromatic carbocycles. The van der Waals surface area contributed by atoms with Crippen LogP contribution in [-0.2, 0) is 0 Å². The molecule has 3 aromatic heterocycles. The third-order valence-corrected chi connectivity index (χ3v) is 6.49. The van der Waals surface area contributed by atoms with Gasteiger partial charge in [0.15, 0.2) is 17.3 Å². The number of ketones is 1. The second-order valence-corrected chi connectivity index (χ2v) is 9.24. The lowest BCUT2D eigenvalue weighted by Gasteiger charge is -2.31. The molecule has 1 aliphatic heterocycles. The van der Waals surface area contributed by atoms with Crippen LogP contribution >= 0.6 is 11.6 Å². The quantitative estimate of drug-likeness (QED) is 0.286. The molecule has 0 radical (unpaired) electrons. The van der Waals surface area contributed by atoms with Gasteiger partial charge in [-0.2, -0.15) is 0 Å². The van der Waals surface area contributed by atoms with Crippen LogP contribution in [0.25, 0.3) is 22.3 Å². The topological polar surface area (TPSA) is 117 Å². The van der Waals surface area contributed by atoms with Crippen LogP contribution in [0, 0.1) is 5.82 Å². The van der Waals surface area contributed by atoms with Crippen LogP contribution in [0.15, 0.2) is 48.8 Å². The van der Waals surface area contributed by atoms with Crippen molar-refractivity contribution in [2.24, 2.45) is 5.73 Å². The van der Waals surface area contributed by atoms with Gasteiger partial charge in [0.1, 0.15) is 11.3 Å². The van der Waals surface area contributed by atoms with Crippen molar-refractivity contribution in [3.8, 4) is 17.0 Å². The van der Waals surface area contributed by atoms with Gasteiger partial charge in [0.05, 0.1) is 39.4 Å². The molecule has 0 aliphatic carbocycles. The molecular weight excluding hydrogens is 495 g/mol. The number of halogens is 2. The number of aromatic hydroxyl groups is 1. The highest BCUT2D eigenvalue weighted by molar-refractivity contribution is 6.32. The summed E-state index contributed by atoms with van der Waals surface area (Å²) in [6.07, 6.45) is 5.24. The third kappa shape index (κ3) is 5.33. The molecule has 4 aromatic rings. The number of piperidine rings is 1. The lowest BCUT2D eigenvalue weighted by Crippen LogP contribution is -2.43. The zero-order chi connectivity index (χ0) is 25.4. The number of Topliss-reactive ketones (excluding diaryl/α,β-unsaturated/α-hetero) is 1. The Morgan fingerprint density at radius 3 is 2.70 bits per heavy atom. The standard InChI is InChI=1S/C26H24ClFN6O2.CH4/c1-14(35)18-12-30-22-6-5-21(15-9-19(27)26(36)20(28)10-15)33-25(22)24(18)32-17-4-7-23(31-11-17)34-8-2-3-16(29)13-34;/h4-7,9-12,16,36H,2-3,8,13,29H2,1H3,(H,30,32);1H4. The van der Waals surface area contributed by atoms with Crippen molar-refractivity contribution < 1.29 is 14.3 Å². The number of nitrogens with one attached hydrogen (secondary N) is 1. The lowest BCUT2D eigenvalue weighted by molar-refractivity contribution is 0.101. The van der Waals surface area contributed by atoms with E-state index < -0.39 is 11.6 Å². The first-order chi connectivity index (χ1) is 17.3. The molecule has 8 nitrogen and oxygen atoms in total. The van der Waals surface area contributed by atoms with Gasteiger partial charge in [-0.25, -0.2) is 14.4 Å². The molecule has 192 valence electrons. The Morgan fingerprint density at radius 1 is 1.22 bits per heavy atom. The van der Waals surface area contributed by atoms with Crippen LogP contribution < -0.4 is 16.0 Å². The normalized spacial score (nSPS) is 15.4. The Morgan fingerprint density at radius 2 is 2.03 bits per heavy atom. The summed E-state index contributed by atoms with van der Waals surface area (Å²) in [5.41, 5.74) is 9.35. The summed E-state index contributed by atoms with van der Waals surface area (Å²) in [7, 11) is 0. The van der Waals surface area contributed by atoms with E-state index >= 15 is 0 Å². The highest BCUT2D eigenvalue weighted by Gasteiger charge is 2.19. The van der Waals surface area contributed by atoms with Crippen molar-refractivity contribution in [1.82, 2.24) is 15.0 Å². The van der Waals surface area contributed by atoms with Crippen LogP contribution in [0.5, 0.6) is 5.75 Å². The third-order valence-electron chi connectivity index (χ3n) is 6.20. The van der Waals surface area contributed by atoms with Gasteiger partial charge in [0.25, 0.3) is 0 Å². The minimum absolute atomic E-state index is 0. The van der Waals surface area contributed by atoms with Gasteiger partial charge >= 0.3 is 0 Å². The molecular formula is C27H28ClFN6O2. The minimum Gasteiger partial charge on any atom is -0.504 e. The number of anilines is 3. The molecule has 1 aliphatic rings. The second-order valence-electron chi connectivity index (χ2n) is 8.83. The van der Waals surface area contributed by atoms with Gasteiger partial charge in [-0.05, 0) is 56.2 Å². The fraction of sp³-hybridized carbons (Fsp3) is 0.259. The molecule has 1 saturated heterocycles. The number of fused-ring (bicyclic) bond motifs is 1. The van der Waals surface area contributed by atoms with E-state index in [1.165, 1.54) is 19.2 Å². The van der Waals surface area contributed by atoms with E-state index in [0.717, 1.165) is 37.8 Å². The van der Waals surface area contributed by atoms with Crippen molar-refractivity contribution >= 4 is 45.6 Å². The van der Waals surface area contributed by atoms with Crippen molar-refractivity contribution in [1.29, 1.82) is 0 Å². The fourth-order valence-corrected chi connectivity index (χ4v) is 4.55. The maximum atomic E-state index is 14.1. The number of carbonyl (C=O) groups excluding carboxylic acids is 1. The first-order valence-corrected chi connectivity index (χ1v) is 11.9. The molecule has 1 atom stereocenters. The number of nitrogens with two attached hydrogens (primary N) is 1. The molecule has 0 saturated carbocycles. The zero-order valence-electron chi connectivity index (χ0n) is 19.5. The summed E-state index contributed by atoms with van der Waals surface area (Å²) in [6.45, 7) is 3.12. The van der Waals surface area contributed by atoms with E-state index in [2.05, 4.69) is 25.2 Å². The van der Waals surface area contributed by atoms with Crippen molar-refractivity contribution in [3.63, 3.8) is 0 Å². The smallest absolute Gasteiger partial charge is 0.170 e. The number of carbonyl (C=O) groups is 1. The average Bonchev–Trinajstić information content (AvgIpc) is 2.87. The Bertz CT molecular complexity index is 1440. The van der Waals surface area contributed by atoms with Gasteiger partial charge in [0.2, 0.25) is 0 Å². The number of hydrogen-bond donors (Lipinski definition) is 3. The van der Waals surface area contributed by atoms with E-state index in [0.29, 0.717) is 39.2 Å². The Hall–Kier alpha value is -3.82. The first kappa shape index (κ1) is 26.2. The van der Waals surface area contributed by atoms with Crippen LogP contribution in [-0.4, -0.2) is 45.0 Å². The summed E-state index contributed by atoms with van der Waals surface area (Å²) in [4.78, 5) is 28.2. The number of rotatable bonds is 5. The molecule has 1 unspecified atom stereocenters. The highest BCUT2D eigenvalue weighted by atomic mass is 35.5.